The number of carbonyl (C=O) groups is 1. The number of alkyl halides is 3. The van der Waals surface area contributed by atoms with Crippen molar-refractivity contribution in [2.24, 2.45) is 0 Å². The summed E-state index contributed by atoms with van der Waals surface area (Å²) in [6.07, 6.45) is -4.07. The van der Waals surface area contributed by atoms with E-state index in [2.05, 4.69) is 22.6 Å². The van der Waals surface area contributed by atoms with E-state index in [4.69, 9.17) is 0 Å². The van der Waals surface area contributed by atoms with Gasteiger partial charge in [-0.15, -0.1) is 0 Å². The smallest absolute Gasteiger partial charge is 0.340 e. The molecule has 0 atom stereocenters. The van der Waals surface area contributed by atoms with Crippen molar-refractivity contribution < 1.29 is 18.0 Å². The van der Waals surface area contributed by atoms with Crippen LogP contribution < -0.4 is 0 Å². The van der Waals surface area contributed by atoms with E-state index in [-0.39, 0.29) is 6.42 Å². The van der Waals surface area contributed by atoms with Crippen LogP contribution in [0.1, 0.15) is 12.8 Å². The molecule has 1 aromatic heterocycles. The Morgan fingerprint density at radius 1 is 0.958 bits per heavy atom. The van der Waals surface area contributed by atoms with Crippen LogP contribution in [0, 0.1) is 11.8 Å². The van der Waals surface area contributed by atoms with Gasteiger partial charge in [-0.1, -0.05) is 42.3 Å². The van der Waals surface area contributed by atoms with Crippen LogP contribution in [0.2, 0.25) is 0 Å². The number of aromatic nitrogens is 1. The fourth-order valence-corrected chi connectivity index (χ4v) is 2.78. The summed E-state index contributed by atoms with van der Waals surface area (Å²) in [4.78, 5) is 10.7. The van der Waals surface area contributed by atoms with Crippen LogP contribution in [0.15, 0.2) is 48.5 Å². The molecule has 2 nitrogen and oxygen atoms in total. The third-order valence-electron chi connectivity index (χ3n) is 3.82. The highest BCUT2D eigenvalue weighted by molar-refractivity contribution is 6.07. The zero-order valence-corrected chi connectivity index (χ0v) is 12.7. The first kappa shape index (κ1) is 16.1. The molecule has 1 heterocycles. The standard InChI is InChI=1S/C19H14F3NO/c20-19(21,22)18(24)12-2-1-7-13-23-16-10-5-3-8-14(16)15-9-4-6-11-17(15)23/h3-6,8-11H,1,7,13H2. The first-order chi connectivity index (χ1) is 11.5. The second kappa shape index (κ2) is 6.40. The maximum atomic E-state index is 12.1. The number of halogens is 3. The van der Waals surface area contributed by atoms with E-state index >= 15 is 0 Å². The lowest BCUT2D eigenvalue weighted by molar-refractivity contribution is -0.164. The first-order valence-corrected chi connectivity index (χ1v) is 7.54. The minimum Gasteiger partial charge on any atom is -0.340 e. The van der Waals surface area contributed by atoms with Gasteiger partial charge in [0.25, 0.3) is 0 Å². The second-order valence-electron chi connectivity index (χ2n) is 5.42. The molecular weight excluding hydrogens is 315 g/mol. The van der Waals surface area contributed by atoms with Gasteiger partial charge < -0.3 is 4.57 Å². The molecule has 0 saturated heterocycles. The number of benzene rings is 2. The predicted octanol–water partition coefficient (Wildman–Crippen LogP) is 4.71. The maximum Gasteiger partial charge on any atom is 0.462 e. The van der Waals surface area contributed by atoms with Crippen LogP contribution >= 0.6 is 0 Å². The molecule has 0 aliphatic carbocycles. The molecule has 0 amide bonds. The summed E-state index contributed by atoms with van der Waals surface area (Å²) < 4.78 is 38.4. The third-order valence-corrected chi connectivity index (χ3v) is 3.82. The van der Waals surface area contributed by atoms with E-state index in [0.29, 0.717) is 13.0 Å². The molecule has 0 spiro atoms. The van der Waals surface area contributed by atoms with Crippen molar-refractivity contribution >= 4 is 27.6 Å². The number of carbonyl (C=O) groups excluding carboxylic acids is 1. The van der Waals surface area contributed by atoms with Crippen LogP contribution in [0.4, 0.5) is 13.2 Å². The van der Waals surface area contributed by atoms with Gasteiger partial charge in [-0.25, -0.2) is 0 Å². The highest BCUT2D eigenvalue weighted by atomic mass is 19.4. The number of unbranched alkanes of at least 4 members (excludes halogenated alkanes) is 1. The van der Waals surface area contributed by atoms with Crippen molar-refractivity contribution in [3.63, 3.8) is 0 Å². The van der Waals surface area contributed by atoms with Gasteiger partial charge in [0.05, 0.1) is 0 Å². The van der Waals surface area contributed by atoms with Gasteiger partial charge in [-0.2, -0.15) is 13.2 Å². The zero-order valence-electron chi connectivity index (χ0n) is 12.7. The minimum absolute atomic E-state index is 0.239. The summed E-state index contributed by atoms with van der Waals surface area (Å²) >= 11 is 0. The normalized spacial score (nSPS) is 11.5. The van der Waals surface area contributed by atoms with Crippen molar-refractivity contribution in [1.29, 1.82) is 0 Å². The van der Waals surface area contributed by atoms with Gasteiger partial charge in [0, 0.05) is 34.8 Å². The Morgan fingerprint density at radius 3 is 2.04 bits per heavy atom. The van der Waals surface area contributed by atoms with E-state index < -0.39 is 12.0 Å². The van der Waals surface area contributed by atoms with Crippen LogP contribution in [-0.4, -0.2) is 16.5 Å². The Bertz CT molecular complexity index is 904. The van der Waals surface area contributed by atoms with Crippen LogP contribution in [0.3, 0.4) is 0 Å². The predicted molar refractivity (Wildman–Crippen MR) is 87.5 cm³/mol. The average Bonchev–Trinajstić information content (AvgIpc) is 2.88. The minimum atomic E-state index is -4.88. The summed E-state index contributed by atoms with van der Waals surface area (Å²) in [6.45, 7) is 0.628. The van der Waals surface area contributed by atoms with Gasteiger partial charge in [-0.05, 0) is 24.5 Å². The quantitative estimate of drug-likeness (QED) is 0.387. The highest BCUT2D eigenvalue weighted by Gasteiger charge is 2.36. The number of Topliss-reactive ketones (excluding diaryl/α,β-unsaturated/α-hetero) is 1. The number of nitrogens with zero attached hydrogens (tertiary/aromatic N) is 1. The second-order valence-corrected chi connectivity index (χ2v) is 5.42. The summed E-state index contributed by atoms with van der Waals surface area (Å²) in [5.74, 6) is 1.98. The van der Waals surface area contributed by atoms with Crippen molar-refractivity contribution in [2.45, 2.75) is 25.6 Å². The van der Waals surface area contributed by atoms with Gasteiger partial charge >= 0.3 is 12.0 Å². The summed E-state index contributed by atoms with van der Waals surface area (Å²) in [5.41, 5.74) is 2.16. The van der Waals surface area contributed by atoms with Gasteiger partial charge in [0.15, 0.2) is 0 Å². The van der Waals surface area contributed by atoms with E-state index in [1.807, 2.05) is 36.4 Å². The number of rotatable bonds is 3. The molecule has 3 rings (SSSR count). The van der Waals surface area contributed by atoms with Crippen molar-refractivity contribution in [3.05, 3.63) is 48.5 Å². The monoisotopic (exact) mass is 329 g/mol. The van der Waals surface area contributed by atoms with E-state index in [9.17, 15) is 18.0 Å². The van der Waals surface area contributed by atoms with Crippen LogP contribution in [0.5, 0.6) is 0 Å². The number of ketones is 1. The largest absolute Gasteiger partial charge is 0.462 e. The number of para-hydroxylation sites is 2. The fraction of sp³-hybridized carbons (Fsp3) is 0.211. The third kappa shape index (κ3) is 3.13. The van der Waals surface area contributed by atoms with Crippen LogP contribution in [0.25, 0.3) is 21.8 Å². The molecule has 0 N–H and O–H groups in total. The topological polar surface area (TPSA) is 22.0 Å². The molecule has 0 aliphatic rings. The lowest BCUT2D eigenvalue weighted by Crippen LogP contribution is -2.20. The maximum absolute atomic E-state index is 12.1. The lowest BCUT2D eigenvalue weighted by Gasteiger charge is -2.05. The summed E-state index contributed by atoms with van der Waals surface area (Å²) in [5, 5.41) is 2.29. The molecule has 122 valence electrons. The van der Waals surface area contributed by atoms with Gasteiger partial charge in [0.1, 0.15) is 0 Å². The Hall–Kier alpha value is -2.74. The first-order valence-electron chi connectivity index (χ1n) is 7.54. The molecule has 5 heteroatoms. The number of fused-ring (bicyclic) bond motifs is 3. The molecule has 0 fully saturated rings. The molecular formula is C19H14F3NO. The summed E-state index contributed by atoms with van der Waals surface area (Å²) in [7, 11) is 0. The molecule has 2 aromatic carbocycles. The number of aryl methyl sites for hydroxylation is 1. The average molecular weight is 329 g/mol. The molecule has 0 unspecified atom stereocenters. The Labute approximate surface area is 136 Å². The zero-order chi connectivity index (χ0) is 17.2. The molecule has 0 bridgehead atoms. The number of hydrogen-bond donors (Lipinski definition) is 0. The van der Waals surface area contributed by atoms with Gasteiger partial charge in [0.2, 0.25) is 0 Å². The molecule has 0 radical (unpaired) electrons. The highest BCUT2D eigenvalue weighted by Crippen LogP contribution is 2.28. The molecule has 24 heavy (non-hydrogen) atoms. The van der Waals surface area contributed by atoms with Crippen molar-refractivity contribution in [3.8, 4) is 11.8 Å². The van der Waals surface area contributed by atoms with Crippen molar-refractivity contribution in [2.75, 3.05) is 0 Å². The van der Waals surface area contributed by atoms with Crippen molar-refractivity contribution in [1.82, 2.24) is 4.57 Å². The molecule has 0 aliphatic heterocycles. The lowest BCUT2D eigenvalue weighted by atomic mass is 10.2. The number of hydrogen-bond acceptors (Lipinski definition) is 1. The molecule has 0 saturated carbocycles. The SMILES string of the molecule is O=C(C#CCCCn1c2ccccc2c2ccccc21)C(F)(F)F. The van der Waals surface area contributed by atoms with Crippen LogP contribution in [-0.2, 0) is 11.3 Å². The van der Waals surface area contributed by atoms with E-state index in [1.54, 1.807) is 5.92 Å². The van der Waals surface area contributed by atoms with Gasteiger partial charge in [-0.3, -0.25) is 4.79 Å². The Balaban J connectivity index is 1.78. The van der Waals surface area contributed by atoms with E-state index in [0.717, 1.165) is 21.8 Å². The fourth-order valence-electron chi connectivity index (χ4n) is 2.78. The van der Waals surface area contributed by atoms with E-state index in [1.165, 1.54) is 0 Å². The Kier molecular flexibility index (Phi) is 4.30. The molecule has 3 aromatic rings. The summed E-state index contributed by atoms with van der Waals surface area (Å²) in [6, 6.07) is 16.0. The Morgan fingerprint density at radius 2 is 1.50 bits per heavy atom.